The molecule has 0 amide bonds. The maximum Gasteiger partial charge on any atom is 0.227 e. The van der Waals surface area contributed by atoms with Gasteiger partial charge in [0.05, 0.1) is 18.7 Å². The van der Waals surface area contributed by atoms with Crippen molar-refractivity contribution in [3.63, 3.8) is 0 Å². The van der Waals surface area contributed by atoms with Crippen molar-refractivity contribution in [2.24, 2.45) is 0 Å². The van der Waals surface area contributed by atoms with Crippen molar-refractivity contribution in [1.29, 1.82) is 5.26 Å². The first-order valence-electron chi connectivity index (χ1n) is 5.79. The number of nitriles is 1. The Morgan fingerprint density at radius 3 is 2.82 bits per heavy atom. The summed E-state index contributed by atoms with van der Waals surface area (Å²) in [6.07, 6.45) is 1.75. The van der Waals surface area contributed by atoms with Gasteiger partial charge in [0.15, 0.2) is 0 Å². The quantitative estimate of drug-likeness (QED) is 0.842. The summed E-state index contributed by atoms with van der Waals surface area (Å²) in [5, 5.41) is 18.9. The molecule has 0 atom stereocenters. The molecule has 1 saturated heterocycles. The minimum absolute atomic E-state index is 0.374. The lowest BCUT2D eigenvalue weighted by Gasteiger charge is -2.46. The fraction of sp³-hybridized carbons (Fsp3) is 0.583. The zero-order valence-corrected chi connectivity index (χ0v) is 10.1. The summed E-state index contributed by atoms with van der Waals surface area (Å²) < 4.78 is 0. The molecule has 17 heavy (non-hydrogen) atoms. The number of hydrogen-bond donors (Lipinski definition) is 1. The van der Waals surface area contributed by atoms with Crippen LogP contribution in [0.3, 0.4) is 0 Å². The highest BCUT2D eigenvalue weighted by Crippen LogP contribution is 2.28. The molecule has 0 aromatic carbocycles. The lowest BCUT2D eigenvalue weighted by Crippen LogP contribution is -2.62. The van der Waals surface area contributed by atoms with Gasteiger partial charge in [-0.3, -0.25) is 0 Å². The van der Waals surface area contributed by atoms with E-state index in [4.69, 9.17) is 5.26 Å². The molecule has 0 saturated carbocycles. The van der Waals surface area contributed by atoms with Gasteiger partial charge in [-0.15, -0.1) is 0 Å². The molecule has 2 heterocycles. The number of anilines is 1. The molecule has 5 heteroatoms. The Labute approximate surface area is 101 Å². The zero-order chi connectivity index (χ0) is 12.5. The van der Waals surface area contributed by atoms with E-state index in [1.165, 1.54) is 0 Å². The third-order valence-electron chi connectivity index (χ3n) is 2.93. The van der Waals surface area contributed by atoms with E-state index in [9.17, 15) is 5.11 Å². The van der Waals surface area contributed by atoms with Crippen molar-refractivity contribution >= 4 is 5.95 Å². The Balaban J connectivity index is 2.11. The van der Waals surface area contributed by atoms with Crippen molar-refractivity contribution in [3.8, 4) is 6.07 Å². The molecule has 0 aliphatic carbocycles. The molecule has 2 rings (SSSR count). The molecule has 1 fully saturated rings. The van der Waals surface area contributed by atoms with Crippen LogP contribution in [0.1, 0.15) is 31.2 Å². The van der Waals surface area contributed by atoms with Crippen molar-refractivity contribution in [3.05, 3.63) is 17.5 Å². The molecule has 0 bridgehead atoms. The summed E-state index contributed by atoms with van der Waals surface area (Å²) in [4.78, 5) is 10.3. The van der Waals surface area contributed by atoms with Crippen LogP contribution in [-0.2, 0) is 0 Å². The van der Waals surface area contributed by atoms with E-state index in [0.29, 0.717) is 24.7 Å². The van der Waals surface area contributed by atoms with Crippen molar-refractivity contribution < 1.29 is 5.11 Å². The Bertz CT molecular complexity index is 460. The minimum atomic E-state index is -0.603. The third kappa shape index (κ3) is 2.37. The van der Waals surface area contributed by atoms with Crippen LogP contribution in [0, 0.1) is 18.3 Å². The van der Waals surface area contributed by atoms with E-state index in [2.05, 4.69) is 16.9 Å². The summed E-state index contributed by atoms with van der Waals surface area (Å²) in [5.41, 5.74) is 0.546. The van der Waals surface area contributed by atoms with E-state index < -0.39 is 5.60 Å². The molecule has 0 spiro atoms. The van der Waals surface area contributed by atoms with Crippen molar-refractivity contribution in [1.82, 2.24) is 9.97 Å². The molecule has 1 N–H and O–H groups in total. The molecule has 1 aromatic heterocycles. The molecule has 5 nitrogen and oxygen atoms in total. The van der Waals surface area contributed by atoms with Crippen LogP contribution >= 0.6 is 0 Å². The summed E-state index contributed by atoms with van der Waals surface area (Å²) in [6, 6.07) is 3.67. The van der Waals surface area contributed by atoms with Gasteiger partial charge in [-0.2, -0.15) is 5.26 Å². The SMILES string of the molecule is CCCC1(O)CN(c2nc(C)cc(C#N)n2)C1. The Hall–Kier alpha value is -1.67. The average Bonchev–Trinajstić information content (AvgIpc) is 2.25. The fourth-order valence-corrected chi connectivity index (χ4v) is 2.18. The predicted octanol–water partition coefficient (Wildman–Crippen LogP) is 1.01. The van der Waals surface area contributed by atoms with Crippen LogP contribution in [0.5, 0.6) is 0 Å². The van der Waals surface area contributed by atoms with Gasteiger partial charge >= 0.3 is 0 Å². The predicted molar refractivity (Wildman–Crippen MR) is 63.6 cm³/mol. The largest absolute Gasteiger partial charge is 0.386 e. The van der Waals surface area contributed by atoms with E-state index in [0.717, 1.165) is 18.5 Å². The summed E-state index contributed by atoms with van der Waals surface area (Å²) >= 11 is 0. The van der Waals surface area contributed by atoms with Gasteiger partial charge in [-0.25, -0.2) is 9.97 Å². The molecule has 1 aliphatic rings. The minimum Gasteiger partial charge on any atom is -0.386 e. The van der Waals surface area contributed by atoms with Crippen LogP contribution in [0.15, 0.2) is 6.07 Å². The van der Waals surface area contributed by atoms with Gasteiger partial charge in [-0.05, 0) is 19.4 Å². The molecular weight excluding hydrogens is 216 g/mol. The summed E-state index contributed by atoms with van der Waals surface area (Å²) in [6.45, 7) is 4.99. The number of aliphatic hydroxyl groups is 1. The topological polar surface area (TPSA) is 73.0 Å². The smallest absolute Gasteiger partial charge is 0.227 e. The van der Waals surface area contributed by atoms with Gasteiger partial charge in [0.25, 0.3) is 0 Å². The maximum atomic E-state index is 10.1. The first-order chi connectivity index (χ1) is 8.06. The highest BCUT2D eigenvalue weighted by atomic mass is 16.3. The van der Waals surface area contributed by atoms with E-state index in [1.54, 1.807) is 6.07 Å². The van der Waals surface area contributed by atoms with Gasteiger partial charge < -0.3 is 10.0 Å². The number of rotatable bonds is 3. The number of aryl methyl sites for hydroxylation is 1. The Kier molecular flexibility index (Phi) is 2.99. The van der Waals surface area contributed by atoms with E-state index in [1.807, 2.05) is 17.9 Å². The average molecular weight is 232 g/mol. The standard InChI is InChI=1S/C12H16N4O/c1-3-4-12(17)7-16(8-12)11-14-9(2)5-10(6-13)15-11/h5,17H,3-4,7-8H2,1-2H3. The van der Waals surface area contributed by atoms with Crippen LogP contribution < -0.4 is 4.90 Å². The van der Waals surface area contributed by atoms with Crippen molar-refractivity contribution in [2.45, 2.75) is 32.3 Å². The number of β-amino-alcohol motifs (C(OH)–C–C–N with tert-alkyl or cyclic N) is 1. The van der Waals surface area contributed by atoms with Gasteiger partial charge in [0, 0.05) is 5.69 Å². The monoisotopic (exact) mass is 232 g/mol. The normalized spacial score (nSPS) is 17.4. The number of nitrogens with zero attached hydrogens (tertiary/aromatic N) is 4. The number of aromatic nitrogens is 2. The Morgan fingerprint density at radius 2 is 2.24 bits per heavy atom. The fourth-order valence-electron chi connectivity index (χ4n) is 2.18. The van der Waals surface area contributed by atoms with Crippen LogP contribution in [0.25, 0.3) is 0 Å². The molecule has 90 valence electrons. The van der Waals surface area contributed by atoms with E-state index >= 15 is 0 Å². The second kappa shape index (κ2) is 4.30. The van der Waals surface area contributed by atoms with Gasteiger partial charge in [0.1, 0.15) is 11.8 Å². The highest BCUT2D eigenvalue weighted by Gasteiger charge is 2.41. The molecule has 1 aliphatic heterocycles. The van der Waals surface area contributed by atoms with E-state index in [-0.39, 0.29) is 0 Å². The third-order valence-corrected chi connectivity index (χ3v) is 2.93. The lowest BCUT2D eigenvalue weighted by molar-refractivity contribution is 0.00243. The molecular formula is C12H16N4O. The first kappa shape index (κ1) is 11.8. The highest BCUT2D eigenvalue weighted by molar-refractivity contribution is 5.40. The van der Waals surface area contributed by atoms with Crippen LogP contribution in [0.2, 0.25) is 0 Å². The second-order valence-electron chi connectivity index (χ2n) is 4.64. The number of hydrogen-bond acceptors (Lipinski definition) is 5. The maximum absolute atomic E-state index is 10.1. The summed E-state index contributed by atoms with van der Waals surface area (Å²) in [5.74, 6) is 0.544. The van der Waals surface area contributed by atoms with Gasteiger partial charge in [0.2, 0.25) is 5.95 Å². The Morgan fingerprint density at radius 1 is 1.53 bits per heavy atom. The van der Waals surface area contributed by atoms with Crippen LogP contribution in [-0.4, -0.2) is 33.8 Å². The molecule has 0 unspecified atom stereocenters. The summed E-state index contributed by atoms with van der Waals surface area (Å²) in [7, 11) is 0. The zero-order valence-electron chi connectivity index (χ0n) is 10.1. The van der Waals surface area contributed by atoms with Crippen molar-refractivity contribution in [2.75, 3.05) is 18.0 Å². The molecule has 0 radical (unpaired) electrons. The second-order valence-corrected chi connectivity index (χ2v) is 4.64. The van der Waals surface area contributed by atoms with Gasteiger partial charge in [-0.1, -0.05) is 13.3 Å². The lowest BCUT2D eigenvalue weighted by atomic mass is 9.90. The molecule has 1 aromatic rings. The van der Waals surface area contributed by atoms with Crippen LogP contribution in [0.4, 0.5) is 5.95 Å². The first-order valence-corrected chi connectivity index (χ1v) is 5.79.